The van der Waals surface area contributed by atoms with Gasteiger partial charge in [-0.25, -0.2) is 14.6 Å². The minimum Gasteiger partial charge on any atom is -0.465 e. The molecule has 160 valence electrons. The van der Waals surface area contributed by atoms with E-state index in [1.165, 1.54) is 31.6 Å². The van der Waals surface area contributed by atoms with Gasteiger partial charge in [-0.05, 0) is 24.3 Å². The molecule has 0 spiro atoms. The number of rotatable bonds is 6. The van der Waals surface area contributed by atoms with Gasteiger partial charge in [-0.15, -0.1) is 11.3 Å². The maximum Gasteiger partial charge on any atom is 0.355 e. The van der Waals surface area contributed by atoms with Gasteiger partial charge in [-0.3, -0.25) is 4.79 Å². The Balaban J connectivity index is 2.03. The molecule has 1 aromatic heterocycles. The second-order valence-electron chi connectivity index (χ2n) is 6.31. The van der Waals surface area contributed by atoms with Crippen LogP contribution in [0.5, 0.6) is 0 Å². The molecule has 3 rings (SSSR count). The molecule has 0 fully saturated rings. The molecule has 2 aromatic rings. The minimum atomic E-state index is -0.680. The number of ether oxygens (including phenoxy) is 2. The number of carbonyl (C=O) groups excluding carboxylic acids is 3. The molecule has 8 nitrogen and oxygen atoms in total. The summed E-state index contributed by atoms with van der Waals surface area (Å²) < 4.78 is 9.76. The van der Waals surface area contributed by atoms with Crippen LogP contribution in [-0.4, -0.2) is 37.0 Å². The highest BCUT2D eigenvalue weighted by molar-refractivity contribution is 7.14. The van der Waals surface area contributed by atoms with Crippen LogP contribution in [-0.2, 0) is 23.9 Å². The van der Waals surface area contributed by atoms with E-state index in [2.05, 4.69) is 10.3 Å². The molecule has 1 aromatic carbocycles. The summed E-state index contributed by atoms with van der Waals surface area (Å²) in [6, 6.07) is 7.30. The molecule has 1 aliphatic heterocycles. The number of carbonyl (C=O) groups is 3. The van der Waals surface area contributed by atoms with E-state index in [1.807, 2.05) is 23.6 Å². The van der Waals surface area contributed by atoms with Crippen molar-refractivity contribution in [1.29, 1.82) is 0 Å². The monoisotopic (exact) mass is 439 g/mol. The van der Waals surface area contributed by atoms with Crippen molar-refractivity contribution < 1.29 is 23.9 Å². The Kier molecular flexibility index (Phi) is 6.99. The zero-order valence-corrected chi connectivity index (χ0v) is 18.1. The fourth-order valence-electron chi connectivity index (χ4n) is 2.85. The molecule has 0 atom stereocenters. The third kappa shape index (κ3) is 4.89. The smallest absolute Gasteiger partial charge is 0.355 e. The Morgan fingerprint density at radius 3 is 2.61 bits per heavy atom. The van der Waals surface area contributed by atoms with Crippen molar-refractivity contribution in [1.82, 2.24) is 4.98 Å². The topological polar surface area (TPSA) is 97.8 Å². The molecular formula is C22H21N3O5S. The third-order valence-electron chi connectivity index (χ3n) is 4.38. The number of aromatic nitrogens is 1. The SMILES string of the molecule is CCC(=O)Nc1nc(-c2cccc(N3C=CC=CC(C(=O)OC)=C3C(=O)OC)c2)cs1. The maximum atomic E-state index is 12.6. The van der Waals surface area contributed by atoms with Gasteiger partial charge in [0.1, 0.15) is 5.70 Å². The fraction of sp³-hybridized carbons (Fsp3) is 0.182. The van der Waals surface area contributed by atoms with Gasteiger partial charge in [-0.2, -0.15) is 0 Å². The van der Waals surface area contributed by atoms with Crippen LogP contribution in [0.25, 0.3) is 11.3 Å². The zero-order valence-electron chi connectivity index (χ0n) is 17.2. The lowest BCUT2D eigenvalue weighted by Crippen LogP contribution is -2.26. The van der Waals surface area contributed by atoms with Gasteiger partial charge >= 0.3 is 11.9 Å². The first-order chi connectivity index (χ1) is 15.0. The van der Waals surface area contributed by atoms with Crippen molar-refractivity contribution in [2.45, 2.75) is 13.3 Å². The van der Waals surface area contributed by atoms with Crippen LogP contribution in [0, 0.1) is 0 Å². The molecule has 9 heteroatoms. The Labute approximate surface area is 183 Å². The number of benzene rings is 1. The molecule has 0 unspecified atom stereocenters. The average Bonchev–Trinajstić information content (AvgIpc) is 3.14. The van der Waals surface area contributed by atoms with E-state index in [0.29, 0.717) is 22.9 Å². The third-order valence-corrected chi connectivity index (χ3v) is 5.14. The molecule has 31 heavy (non-hydrogen) atoms. The fourth-order valence-corrected chi connectivity index (χ4v) is 3.59. The highest BCUT2D eigenvalue weighted by Crippen LogP contribution is 2.31. The van der Waals surface area contributed by atoms with Crippen molar-refractivity contribution >= 4 is 40.0 Å². The predicted octanol–water partition coefficient (Wildman–Crippen LogP) is 3.65. The van der Waals surface area contributed by atoms with E-state index in [4.69, 9.17) is 9.47 Å². The van der Waals surface area contributed by atoms with Crippen LogP contribution in [0.2, 0.25) is 0 Å². The van der Waals surface area contributed by atoms with Crippen LogP contribution in [0.4, 0.5) is 10.8 Å². The number of thiazole rings is 1. The highest BCUT2D eigenvalue weighted by atomic mass is 32.1. The van der Waals surface area contributed by atoms with Crippen molar-refractivity contribution in [3.63, 3.8) is 0 Å². The number of hydrogen-bond acceptors (Lipinski definition) is 8. The zero-order chi connectivity index (χ0) is 22.4. The van der Waals surface area contributed by atoms with Crippen molar-refractivity contribution in [3.05, 3.63) is 65.3 Å². The number of esters is 2. The maximum absolute atomic E-state index is 12.6. The van der Waals surface area contributed by atoms with Gasteiger partial charge in [0.15, 0.2) is 5.13 Å². The number of nitrogens with zero attached hydrogens (tertiary/aromatic N) is 2. The summed E-state index contributed by atoms with van der Waals surface area (Å²) in [5, 5.41) is 5.08. The summed E-state index contributed by atoms with van der Waals surface area (Å²) in [7, 11) is 2.50. The van der Waals surface area contributed by atoms with E-state index >= 15 is 0 Å². The first-order valence-corrected chi connectivity index (χ1v) is 10.3. The molecular weight excluding hydrogens is 418 g/mol. The Morgan fingerprint density at radius 1 is 1.13 bits per heavy atom. The normalized spacial score (nSPS) is 13.1. The number of anilines is 2. The lowest BCUT2D eigenvalue weighted by molar-refractivity contribution is -0.139. The van der Waals surface area contributed by atoms with Crippen molar-refractivity contribution in [2.75, 3.05) is 24.4 Å². The molecule has 2 heterocycles. The molecule has 0 saturated carbocycles. The molecule has 0 bridgehead atoms. The van der Waals surface area contributed by atoms with Crippen molar-refractivity contribution in [2.24, 2.45) is 0 Å². The number of methoxy groups -OCH3 is 2. The molecule has 0 aliphatic carbocycles. The molecule has 1 aliphatic rings. The van der Waals surface area contributed by atoms with Crippen LogP contribution in [0.15, 0.2) is 65.3 Å². The van der Waals surface area contributed by atoms with Crippen LogP contribution in [0.1, 0.15) is 13.3 Å². The van der Waals surface area contributed by atoms with Crippen molar-refractivity contribution in [3.8, 4) is 11.3 Å². The summed E-state index contributed by atoms with van der Waals surface area (Å²) in [5.74, 6) is -1.45. The summed E-state index contributed by atoms with van der Waals surface area (Å²) in [6.07, 6.45) is 6.87. The molecule has 1 N–H and O–H groups in total. The van der Waals surface area contributed by atoms with E-state index in [0.717, 1.165) is 5.56 Å². The second kappa shape index (κ2) is 9.86. The quantitative estimate of drug-likeness (QED) is 0.686. The van der Waals surface area contributed by atoms with Gasteiger partial charge in [0.05, 0.1) is 25.5 Å². The van der Waals surface area contributed by atoms with Gasteiger partial charge in [0, 0.05) is 29.3 Å². The van der Waals surface area contributed by atoms with Gasteiger partial charge in [0.25, 0.3) is 0 Å². The summed E-state index contributed by atoms with van der Waals surface area (Å²) >= 11 is 1.32. The Hall–Kier alpha value is -3.72. The molecule has 1 amide bonds. The van der Waals surface area contributed by atoms with E-state index in [-0.39, 0.29) is 17.2 Å². The van der Waals surface area contributed by atoms with E-state index in [1.54, 1.807) is 36.2 Å². The largest absolute Gasteiger partial charge is 0.465 e. The number of nitrogens with one attached hydrogen (secondary N) is 1. The lowest BCUT2D eigenvalue weighted by Gasteiger charge is -2.23. The van der Waals surface area contributed by atoms with E-state index in [9.17, 15) is 14.4 Å². The molecule has 0 saturated heterocycles. The average molecular weight is 439 g/mol. The lowest BCUT2D eigenvalue weighted by atomic mass is 10.1. The van der Waals surface area contributed by atoms with Gasteiger partial charge < -0.3 is 19.7 Å². The number of allylic oxidation sites excluding steroid dienone is 2. The Morgan fingerprint density at radius 2 is 1.90 bits per heavy atom. The van der Waals surface area contributed by atoms with Gasteiger partial charge in [-0.1, -0.05) is 25.1 Å². The van der Waals surface area contributed by atoms with Gasteiger partial charge in [0.2, 0.25) is 5.91 Å². The van der Waals surface area contributed by atoms with Crippen LogP contribution in [0.3, 0.4) is 0 Å². The first kappa shape index (κ1) is 22.0. The summed E-state index contributed by atoms with van der Waals surface area (Å²) in [6.45, 7) is 1.77. The highest BCUT2D eigenvalue weighted by Gasteiger charge is 2.27. The number of hydrogen-bond donors (Lipinski definition) is 1. The first-order valence-electron chi connectivity index (χ1n) is 9.39. The van der Waals surface area contributed by atoms with Crippen LogP contribution >= 0.6 is 11.3 Å². The Bertz CT molecular complexity index is 1100. The molecule has 0 radical (unpaired) electrons. The summed E-state index contributed by atoms with van der Waals surface area (Å²) in [5.41, 5.74) is 2.17. The van der Waals surface area contributed by atoms with E-state index < -0.39 is 11.9 Å². The number of amides is 1. The van der Waals surface area contributed by atoms with Crippen LogP contribution < -0.4 is 10.2 Å². The standard InChI is InChI=1S/C22H21N3O5S/c1-4-18(26)24-22-23-17(13-31-22)14-8-7-9-15(12-14)25-11-6-5-10-16(20(27)29-2)19(25)21(28)30-3/h5-13H,4H2,1-3H3,(H,23,24,26). The minimum absolute atomic E-state index is 0.0330. The second-order valence-corrected chi connectivity index (χ2v) is 7.16. The predicted molar refractivity (Wildman–Crippen MR) is 118 cm³/mol. The summed E-state index contributed by atoms with van der Waals surface area (Å²) in [4.78, 5) is 42.5.